The standard InChI is InChI=1S/C19H17N3O3/c23-18(16-2-1-3-17-15(16)8-9-20-17)21-12-13-4-6-14(7-5-13)22-10-11-25-19(22)24/h1-9,20H,10-12H2,(H,21,23). The van der Waals surface area contributed by atoms with Gasteiger partial charge in [-0.15, -0.1) is 0 Å². The highest BCUT2D eigenvalue weighted by Gasteiger charge is 2.23. The van der Waals surface area contributed by atoms with Gasteiger partial charge in [0.05, 0.1) is 6.54 Å². The Balaban J connectivity index is 1.43. The van der Waals surface area contributed by atoms with E-state index in [-0.39, 0.29) is 12.0 Å². The molecule has 2 N–H and O–H groups in total. The van der Waals surface area contributed by atoms with Gasteiger partial charge in [-0.2, -0.15) is 0 Å². The predicted molar refractivity (Wildman–Crippen MR) is 94.6 cm³/mol. The summed E-state index contributed by atoms with van der Waals surface area (Å²) in [4.78, 5) is 28.7. The quantitative estimate of drug-likeness (QED) is 0.769. The molecule has 0 bridgehead atoms. The second-order valence-corrected chi connectivity index (χ2v) is 5.86. The molecule has 0 atom stereocenters. The van der Waals surface area contributed by atoms with Gasteiger partial charge in [0, 0.05) is 34.9 Å². The maximum absolute atomic E-state index is 12.5. The van der Waals surface area contributed by atoms with Crippen molar-refractivity contribution in [2.24, 2.45) is 0 Å². The third-order valence-electron chi connectivity index (χ3n) is 4.30. The zero-order chi connectivity index (χ0) is 17.2. The number of cyclic esters (lactones) is 1. The van der Waals surface area contributed by atoms with Crippen molar-refractivity contribution in [3.05, 3.63) is 65.9 Å². The van der Waals surface area contributed by atoms with Gasteiger partial charge in [-0.1, -0.05) is 18.2 Å². The van der Waals surface area contributed by atoms with E-state index in [0.717, 1.165) is 22.2 Å². The number of aromatic nitrogens is 1. The van der Waals surface area contributed by atoms with Crippen LogP contribution in [0.3, 0.4) is 0 Å². The van der Waals surface area contributed by atoms with Crippen molar-refractivity contribution in [2.75, 3.05) is 18.1 Å². The van der Waals surface area contributed by atoms with Crippen molar-refractivity contribution >= 4 is 28.6 Å². The van der Waals surface area contributed by atoms with E-state index in [1.807, 2.05) is 54.7 Å². The average molecular weight is 335 g/mol. The number of carbonyl (C=O) groups excluding carboxylic acids is 2. The molecule has 1 aromatic heterocycles. The topological polar surface area (TPSA) is 74.4 Å². The molecular formula is C19H17N3O3. The number of aromatic amines is 1. The number of nitrogens with one attached hydrogen (secondary N) is 2. The number of hydrogen-bond acceptors (Lipinski definition) is 3. The molecule has 0 radical (unpaired) electrons. The second kappa shape index (κ2) is 6.32. The fourth-order valence-electron chi connectivity index (χ4n) is 2.98. The minimum Gasteiger partial charge on any atom is -0.447 e. The van der Waals surface area contributed by atoms with Gasteiger partial charge in [-0.25, -0.2) is 4.79 Å². The Morgan fingerprint density at radius 1 is 1.16 bits per heavy atom. The van der Waals surface area contributed by atoms with Crippen LogP contribution in [0.25, 0.3) is 10.9 Å². The number of H-pyrrole nitrogens is 1. The summed E-state index contributed by atoms with van der Waals surface area (Å²) in [6, 6.07) is 15.0. The van der Waals surface area contributed by atoms with Crippen molar-refractivity contribution in [1.29, 1.82) is 0 Å². The SMILES string of the molecule is O=C(NCc1ccc(N2CCOC2=O)cc1)c1cccc2[nH]ccc12. The highest BCUT2D eigenvalue weighted by molar-refractivity contribution is 6.06. The Morgan fingerprint density at radius 3 is 2.76 bits per heavy atom. The molecule has 2 amide bonds. The number of nitrogens with zero attached hydrogens (tertiary/aromatic N) is 1. The highest BCUT2D eigenvalue weighted by atomic mass is 16.6. The van der Waals surface area contributed by atoms with Crippen LogP contribution in [-0.2, 0) is 11.3 Å². The first-order valence-corrected chi connectivity index (χ1v) is 8.10. The van der Waals surface area contributed by atoms with Crippen molar-refractivity contribution in [2.45, 2.75) is 6.54 Å². The minimum absolute atomic E-state index is 0.114. The van der Waals surface area contributed by atoms with Crippen LogP contribution in [0.1, 0.15) is 15.9 Å². The summed E-state index contributed by atoms with van der Waals surface area (Å²) in [6.45, 7) is 1.40. The van der Waals surface area contributed by atoms with Crippen molar-refractivity contribution in [3.63, 3.8) is 0 Å². The molecule has 1 aliphatic rings. The number of carbonyl (C=O) groups is 2. The van der Waals surface area contributed by atoms with E-state index in [2.05, 4.69) is 10.3 Å². The predicted octanol–water partition coefficient (Wildman–Crippen LogP) is 3.05. The molecule has 0 saturated carbocycles. The summed E-state index contributed by atoms with van der Waals surface area (Å²) < 4.78 is 4.93. The molecule has 2 heterocycles. The number of amides is 2. The number of benzene rings is 2. The van der Waals surface area contributed by atoms with Gasteiger partial charge >= 0.3 is 6.09 Å². The van der Waals surface area contributed by atoms with Crippen LogP contribution in [-0.4, -0.2) is 30.1 Å². The average Bonchev–Trinajstić information content (AvgIpc) is 3.28. The molecule has 0 aliphatic carbocycles. The van der Waals surface area contributed by atoms with Crippen LogP contribution >= 0.6 is 0 Å². The first kappa shape index (κ1) is 15.3. The molecule has 6 heteroatoms. The van der Waals surface area contributed by atoms with Gasteiger partial charge in [0.2, 0.25) is 0 Å². The van der Waals surface area contributed by atoms with Crippen LogP contribution < -0.4 is 10.2 Å². The number of hydrogen-bond donors (Lipinski definition) is 2. The third kappa shape index (κ3) is 2.94. The van der Waals surface area contributed by atoms with Crippen molar-refractivity contribution in [3.8, 4) is 0 Å². The van der Waals surface area contributed by atoms with E-state index in [1.165, 1.54) is 0 Å². The van der Waals surface area contributed by atoms with Crippen LogP contribution in [0.15, 0.2) is 54.7 Å². The first-order valence-electron chi connectivity index (χ1n) is 8.10. The molecule has 3 aromatic rings. The Morgan fingerprint density at radius 2 is 2.00 bits per heavy atom. The van der Waals surface area contributed by atoms with E-state index in [1.54, 1.807) is 4.90 Å². The molecule has 1 fully saturated rings. The highest BCUT2D eigenvalue weighted by Crippen LogP contribution is 2.20. The molecule has 0 unspecified atom stereocenters. The molecule has 126 valence electrons. The summed E-state index contributed by atoms with van der Waals surface area (Å²) in [6.07, 6.45) is 1.50. The van der Waals surface area contributed by atoms with Gasteiger partial charge in [-0.3, -0.25) is 9.69 Å². The van der Waals surface area contributed by atoms with Crippen LogP contribution in [0.4, 0.5) is 10.5 Å². The number of anilines is 1. The molecule has 25 heavy (non-hydrogen) atoms. The molecule has 4 rings (SSSR count). The van der Waals surface area contributed by atoms with E-state index >= 15 is 0 Å². The smallest absolute Gasteiger partial charge is 0.414 e. The summed E-state index contributed by atoms with van der Waals surface area (Å²) in [7, 11) is 0. The maximum Gasteiger partial charge on any atom is 0.414 e. The van der Waals surface area contributed by atoms with E-state index in [4.69, 9.17) is 4.74 Å². The normalized spacial score (nSPS) is 13.9. The Hall–Kier alpha value is -3.28. The van der Waals surface area contributed by atoms with Gasteiger partial charge in [-0.05, 0) is 35.9 Å². The number of ether oxygens (including phenoxy) is 1. The minimum atomic E-state index is -0.319. The lowest BCUT2D eigenvalue weighted by Gasteiger charge is -2.13. The van der Waals surface area contributed by atoms with Crippen LogP contribution in [0.5, 0.6) is 0 Å². The molecule has 0 spiro atoms. The van der Waals surface area contributed by atoms with Crippen LogP contribution in [0, 0.1) is 0 Å². The fourth-order valence-corrected chi connectivity index (χ4v) is 2.98. The summed E-state index contributed by atoms with van der Waals surface area (Å²) in [5, 5.41) is 3.84. The van der Waals surface area contributed by atoms with Crippen molar-refractivity contribution in [1.82, 2.24) is 10.3 Å². The Bertz CT molecular complexity index is 930. The van der Waals surface area contributed by atoms with Gasteiger partial charge < -0.3 is 15.0 Å². The Labute approximate surface area is 144 Å². The molecular weight excluding hydrogens is 318 g/mol. The lowest BCUT2D eigenvalue weighted by molar-refractivity contribution is 0.0952. The largest absolute Gasteiger partial charge is 0.447 e. The van der Waals surface area contributed by atoms with Gasteiger partial charge in [0.1, 0.15) is 6.61 Å². The molecule has 1 saturated heterocycles. The lowest BCUT2D eigenvalue weighted by atomic mass is 10.1. The lowest BCUT2D eigenvalue weighted by Crippen LogP contribution is -2.24. The Kier molecular flexibility index (Phi) is 3.85. The van der Waals surface area contributed by atoms with Crippen LogP contribution in [0.2, 0.25) is 0 Å². The molecule has 2 aromatic carbocycles. The summed E-state index contributed by atoms with van der Waals surface area (Å²) >= 11 is 0. The fraction of sp³-hybridized carbons (Fsp3) is 0.158. The zero-order valence-corrected chi connectivity index (χ0v) is 13.5. The number of fused-ring (bicyclic) bond motifs is 1. The summed E-state index contributed by atoms with van der Waals surface area (Å²) in [5.74, 6) is -0.114. The third-order valence-corrected chi connectivity index (χ3v) is 4.30. The molecule has 6 nitrogen and oxygen atoms in total. The second-order valence-electron chi connectivity index (χ2n) is 5.86. The monoisotopic (exact) mass is 335 g/mol. The van der Waals surface area contributed by atoms with Gasteiger partial charge in [0.15, 0.2) is 0 Å². The van der Waals surface area contributed by atoms with E-state index < -0.39 is 0 Å². The van der Waals surface area contributed by atoms with E-state index in [9.17, 15) is 9.59 Å². The summed E-state index contributed by atoms with van der Waals surface area (Å²) in [5.41, 5.74) is 3.35. The maximum atomic E-state index is 12.5. The van der Waals surface area contributed by atoms with Crippen molar-refractivity contribution < 1.29 is 14.3 Å². The number of rotatable bonds is 4. The van der Waals surface area contributed by atoms with E-state index in [0.29, 0.717) is 25.3 Å². The molecule has 1 aliphatic heterocycles. The first-order chi connectivity index (χ1) is 12.2. The zero-order valence-electron chi connectivity index (χ0n) is 13.5. The van der Waals surface area contributed by atoms with Gasteiger partial charge in [0.25, 0.3) is 5.91 Å².